The van der Waals surface area contributed by atoms with E-state index in [0.717, 1.165) is 23.7 Å². The molecule has 0 aromatic rings. The number of alkyl halides is 3. The molecule has 0 saturated carbocycles. The van der Waals surface area contributed by atoms with Crippen LogP contribution in [-0.2, 0) is 29.6 Å². The van der Waals surface area contributed by atoms with Crippen LogP contribution in [-0.4, -0.2) is 18.5 Å². The summed E-state index contributed by atoms with van der Waals surface area (Å²) in [5.74, 6) is 3.24. The van der Waals surface area contributed by atoms with E-state index in [1.807, 2.05) is 0 Å². The summed E-state index contributed by atoms with van der Waals surface area (Å²) in [4.78, 5) is 0. The summed E-state index contributed by atoms with van der Waals surface area (Å²) in [6.45, 7) is 0. The van der Waals surface area contributed by atoms with Crippen LogP contribution in [0.25, 0.3) is 0 Å². The summed E-state index contributed by atoms with van der Waals surface area (Å²) < 4.78 is 57.5. The van der Waals surface area contributed by atoms with Crippen LogP contribution in [0.2, 0.25) is 0 Å². The summed E-state index contributed by atoms with van der Waals surface area (Å²) in [6.07, 6.45) is 21.1. The van der Waals surface area contributed by atoms with Crippen LogP contribution in [0.5, 0.6) is 0 Å². The van der Waals surface area contributed by atoms with Crippen LogP contribution >= 0.6 is 0 Å². The standard InChI is InChI=1S/2C7H8.CHF3O3S.Rh/c2*1-2-7-4-3-6(1)5-7;2-1(3,4)8(5,6)7;/h2*1-4,6-7H,5H2;(H,5,6,7);. The van der Waals surface area contributed by atoms with Gasteiger partial charge in [0.2, 0.25) is 0 Å². The molecule has 0 atom stereocenters. The van der Waals surface area contributed by atoms with Crippen LogP contribution < -0.4 is 0 Å². The first-order valence-electron chi connectivity index (χ1n) is 6.92. The molecule has 0 aromatic carbocycles. The molecular formula is C15H17F3O3RhS. The van der Waals surface area contributed by atoms with Gasteiger partial charge in [0.05, 0.1) is 0 Å². The van der Waals surface area contributed by atoms with Crippen LogP contribution in [0.15, 0.2) is 48.6 Å². The minimum absolute atomic E-state index is 0. The van der Waals surface area contributed by atoms with Crippen LogP contribution in [0.4, 0.5) is 13.2 Å². The zero-order valence-electron chi connectivity index (χ0n) is 12.0. The molecule has 0 heterocycles. The summed E-state index contributed by atoms with van der Waals surface area (Å²) in [6, 6.07) is 0. The number of hydrogen-bond donors (Lipinski definition) is 1. The second-order valence-electron chi connectivity index (χ2n) is 5.59. The predicted molar refractivity (Wildman–Crippen MR) is 77.4 cm³/mol. The Morgan fingerprint density at radius 1 is 0.739 bits per heavy atom. The van der Waals surface area contributed by atoms with E-state index < -0.39 is 15.6 Å². The molecule has 0 unspecified atom stereocenters. The molecule has 4 rings (SSSR count). The van der Waals surface area contributed by atoms with Gasteiger partial charge in [-0.2, -0.15) is 21.6 Å². The maximum atomic E-state index is 10.7. The van der Waals surface area contributed by atoms with E-state index >= 15 is 0 Å². The molecule has 1 N–H and O–H groups in total. The largest absolute Gasteiger partial charge is 0.522 e. The second kappa shape index (κ2) is 7.90. The summed E-state index contributed by atoms with van der Waals surface area (Å²) in [5, 5.41) is 0. The molecule has 4 aliphatic rings. The average Bonchev–Trinajstić information content (AvgIpc) is 3.20. The molecule has 4 bridgehead atoms. The van der Waals surface area contributed by atoms with Gasteiger partial charge in [-0.05, 0) is 36.5 Å². The van der Waals surface area contributed by atoms with Crippen molar-refractivity contribution in [3.8, 4) is 0 Å². The van der Waals surface area contributed by atoms with Crippen molar-refractivity contribution in [1.82, 2.24) is 0 Å². The summed E-state index contributed by atoms with van der Waals surface area (Å²) >= 11 is 0. The zero-order valence-corrected chi connectivity index (χ0v) is 14.4. The van der Waals surface area contributed by atoms with Gasteiger partial charge in [-0.3, -0.25) is 4.55 Å². The van der Waals surface area contributed by atoms with Crippen molar-refractivity contribution in [2.24, 2.45) is 23.7 Å². The molecule has 131 valence electrons. The third-order valence-corrected chi connectivity index (χ3v) is 4.39. The van der Waals surface area contributed by atoms with E-state index in [0.29, 0.717) is 0 Å². The molecule has 0 fully saturated rings. The van der Waals surface area contributed by atoms with Crippen molar-refractivity contribution < 1.29 is 45.6 Å². The first kappa shape index (κ1) is 20.3. The SMILES string of the molecule is C1=CC2C=CC1C2.C1=CC2C=CC1C2.O=S(=O)(O)C(F)(F)F.[Rh]. The second-order valence-corrected chi connectivity index (χ2v) is 7.00. The van der Waals surface area contributed by atoms with Gasteiger partial charge in [0, 0.05) is 19.5 Å². The zero-order chi connectivity index (χ0) is 16.4. The molecule has 3 nitrogen and oxygen atoms in total. The number of fused-ring (bicyclic) bond motifs is 4. The first-order valence-corrected chi connectivity index (χ1v) is 8.36. The monoisotopic (exact) mass is 437 g/mol. The maximum Gasteiger partial charge on any atom is 0.522 e. The van der Waals surface area contributed by atoms with Gasteiger partial charge in [-0.1, -0.05) is 48.6 Å². The Kier molecular flexibility index (Phi) is 6.99. The fraction of sp³-hybridized carbons (Fsp3) is 0.467. The molecule has 0 aromatic heterocycles. The van der Waals surface area contributed by atoms with Crippen molar-refractivity contribution in [3.63, 3.8) is 0 Å². The topological polar surface area (TPSA) is 54.4 Å². The van der Waals surface area contributed by atoms with Crippen molar-refractivity contribution in [2.45, 2.75) is 18.3 Å². The molecule has 8 heteroatoms. The minimum Gasteiger partial charge on any atom is -0.279 e. The van der Waals surface area contributed by atoms with Gasteiger partial charge < -0.3 is 0 Å². The van der Waals surface area contributed by atoms with Gasteiger partial charge in [0.15, 0.2) is 0 Å². The van der Waals surface area contributed by atoms with E-state index in [2.05, 4.69) is 48.6 Å². The fourth-order valence-electron chi connectivity index (χ4n) is 2.66. The Hall–Kier alpha value is -0.717. The third kappa shape index (κ3) is 6.01. The smallest absolute Gasteiger partial charge is 0.279 e. The average molecular weight is 437 g/mol. The van der Waals surface area contributed by atoms with E-state index in [9.17, 15) is 13.2 Å². The Balaban J connectivity index is 0.000000169. The number of hydrogen-bond acceptors (Lipinski definition) is 2. The van der Waals surface area contributed by atoms with Gasteiger partial charge in [0.1, 0.15) is 0 Å². The maximum absolute atomic E-state index is 10.7. The Bertz CT molecular complexity index is 530. The van der Waals surface area contributed by atoms with Gasteiger partial charge in [-0.25, -0.2) is 0 Å². The third-order valence-electron chi connectivity index (χ3n) is 3.80. The summed E-state index contributed by atoms with van der Waals surface area (Å²) in [5.41, 5.74) is -5.53. The van der Waals surface area contributed by atoms with Gasteiger partial charge >= 0.3 is 15.6 Å². The number of rotatable bonds is 0. The van der Waals surface area contributed by atoms with Crippen LogP contribution in [0.1, 0.15) is 12.8 Å². The molecular weight excluding hydrogens is 420 g/mol. The van der Waals surface area contributed by atoms with Gasteiger partial charge in [0.25, 0.3) is 0 Å². The number of halogens is 3. The fourth-order valence-corrected chi connectivity index (χ4v) is 2.66. The van der Waals surface area contributed by atoms with Gasteiger partial charge in [-0.15, -0.1) is 0 Å². The van der Waals surface area contributed by atoms with E-state index in [1.54, 1.807) is 0 Å². The minimum atomic E-state index is -5.84. The molecule has 0 aliphatic heterocycles. The molecule has 1 radical (unpaired) electrons. The quantitative estimate of drug-likeness (QED) is 0.271. The molecule has 0 spiro atoms. The normalized spacial score (nSPS) is 31.3. The molecule has 0 amide bonds. The Morgan fingerprint density at radius 2 is 0.913 bits per heavy atom. The van der Waals surface area contributed by atoms with Crippen molar-refractivity contribution in [1.29, 1.82) is 0 Å². The Morgan fingerprint density at radius 3 is 0.957 bits per heavy atom. The molecule has 0 saturated heterocycles. The van der Waals surface area contributed by atoms with E-state index in [4.69, 9.17) is 13.0 Å². The van der Waals surface area contributed by atoms with Crippen LogP contribution in [0, 0.1) is 23.7 Å². The first-order chi connectivity index (χ1) is 10.1. The van der Waals surface area contributed by atoms with Crippen molar-refractivity contribution in [3.05, 3.63) is 48.6 Å². The number of allylic oxidation sites excluding steroid dienone is 8. The van der Waals surface area contributed by atoms with E-state index in [-0.39, 0.29) is 19.5 Å². The Labute approximate surface area is 146 Å². The van der Waals surface area contributed by atoms with Crippen molar-refractivity contribution >= 4 is 10.1 Å². The van der Waals surface area contributed by atoms with E-state index in [1.165, 1.54) is 12.8 Å². The van der Waals surface area contributed by atoms with Crippen molar-refractivity contribution in [2.75, 3.05) is 0 Å². The van der Waals surface area contributed by atoms with Crippen LogP contribution in [0.3, 0.4) is 0 Å². The predicted octanol–water partition coefficient (Wildman–Crippen LogP) is 3.89. The molecule has 23 heavy (non-hydrogen) atoms. The molecule has 4 aliphatic carbocycles. The summed E-state index contributed by atoms with van der Waals surface area (Å²) in [7, 11) is -5.84.